The number of ether oxygens (including phenoxy) is 1. The summed E-state index contributed by atoms with van der Waals surface area (Å²) in [7, 11) is 0. The molecule has 1 aliphatic carbocycles. The summed E-state index contributed by atoms with van der Waals surface area (Å²) < 4.78 is 5.25. The first-order chi connectivity index (χ1) is 7.22. The van der Waals surface area contributed by atoms with Crippen molar-refractivity contribution in [1.82, 2.24) is 5.32 Å². The van der Waals surface area contributed by atoms with Crippen molar-refractivity contribution in [2.24, 2.45) is 0 Å². The van der Waals surface area contributed by atoms with Gasteiger partial charge in [0.2, 0.25) is 0 Å². The van der Waals surface area contributed by atoms with Gasteiger partial charge in [0.05, 0.1) is 6.61 Å². The number of carbonyl (C=O) groups excluding carboxylic acids is 1. The fraction of sp³-hybridized carbons (Fsp3) is 0.727. The third-order valence-electron chi connectivity index (χ3n) is 2.49. The normalized spacial score (nSPS) is 18.0. The Labute approximate surface area is 95.6 Å². The van der Waals surface area contributed by atoms with Crippen LogP contribution in [0.15, 0.2) is 12.2 Å². The summed E-state index contributed by atoms with van der Waals surface area (Å²) in [6, 6.07) is 0. The first kappa shape index (κ1) is 12.6. The Balaban J connectivity index is 2.03. The minimum atomic E-state index is -0.259. The molecule has 86 valence electrons. The lowest BCUT2D eigenvalue weighted by Gasteiger charge is -2.11. The Morgan fingerprint density at radius 2 is 2.33 bits per heavy atom. The van der Waals surface area contributed by atoms with Crippen LogP contribution < -0.4 is 5.32 Å². The molecule has 3 nitrogen and oxygen atoms in total. The van der Waals surface area contributed by atoms with E-state index in [9.17, 15) is 4.79 Å². The van der Waals surface area contributed by atoms with Gasteiger partial charge in [0.25, 0.3) is 0 Å². The highest BCUT2D eigenvalue weighted by molar-refractivity contribution is 8.00. The van der Waals surface area contributed by atoms with Crippen LogP contribution >= 0.6 is 11.8 Å². The molecule has 1 aliphatic rings. The molecular formula is C11H19NO2S. The number of esters is 1. The minimum Gasteiger partial charge on any atom is -0.463 e. The van der Waals surface area contributed by atoms with E-state index in [1.165, 1.54) is 18.9 Å². The van der Waals surface area contributed by atoms with E-state index in [4.69, 9.17) is 4.74 Å². The van der Waals surface area contributed by atoms with E-state index in [0.717, 1.165) is 13.1 Å². The zero-order valence-electron chi connectivity index (χ0n) is 9.41. The van der Waals surface area contributed by atoms with Crippen LogP contribution in [0, 0.1) is 0 Å². The molecule has 0 aromatic heterocycles. The van der Waals surface area contributed by atoms with Crippen molar-refractivity contribution >= 4 is 17.7 Å². The van der Waals surface area contributed by atoms with Gasteiger partial charge in [0.15, 0.2) is 0 Å². The lowest BCUT2D eigenvalue weighted by atomic mass is 10.4. The smallest absolute Gasteiger partial charge is 0.330 e. The van der Waals surface area contributed by atoms with Gasteiger partial charge in [0.1, 0.15) is 0 Å². The van der Waals surface area contributed by atoms with E-state index in [1.807, 2.05) is 17.8 Å². The second kappa shape index (κ2) is 6.18. The molecule has 0 atom stereocenters. The third-order valence-corrected chi connectivity index (χ3v) is 3.91. The van der Waals surface area contributed by atoms with Crippen molar-refractivity contribution in [1.29, 1.82) is 0 Å². The fourth-order valence-corrected chi connectivity index (χ4v) is 2.08. The number of rotatable bonds is 7. The average molecular weight is 229 g/mol. The van der Waals surface area contributed by atoms with Crippen molar-refractivity contribution in [3.8, 4) is 0 Å². The Morgan fingerprint density at radius 1 is 1.60 bits per heavy atom. The molecule has 1 saturated carbocycles. The van der Waals surface area contributed by atoms with E-state index in [-0.39, 0.29) is 5.97 Å². The molecule has 0 aliphatic heterocycles. The second-order valence-electron chi connectivity index (χ2n) is 3.67. The van der Waals surface area contributed by atoms with Gasteiger partial charge in [-0.25, -0.2) is 4.79 Å². The number of carbonyl (C=O) groups is 1. The van der Waals surface area contributed by atoms with Gasteiger partial charge >= 0.3 is 5.97 Å². The molecule has 0 unspecified atom stereocenters. The monoisotopic (exact) mass is 229 g/mol. The zero-order valence-corrected chi connectivity index (χ0v) is 10.2. The van der Waals surface area contributed by atoms with E-state index < -0.39 is 0 Å². The topological polar surface area (TPSA) is 38.3 Å². The number of hydrogen-bond donors (Lipinski definition) is 1. The Morgan fingerprint density at radius 3 is 2.87 bits per heavy atom. The van der Waals surface area contributed by atoms with Crippen LogP contribution in [0.3, 0.4) is 0 Å². The number of nitrogens with one attached hydrogen (secondary N) is 1. The Hall–Kier alpha value is -0.480. The number of hydrogen-bond acceptors (Lipinski definition) is 4. The summed E-state index contributed by atoms with van der Waals surface area (Å²) in [5, 5.41) is 3.32. The number of thioether (sulfide) groups is 1. The first-order valence-electron chi connectivity index (χ1n) is 5.31. The molecule has 4 heteroatoms. The molecular weight excluding hydrogens is 210 g/mol. The summed E-state index contributed by atoms with van der Waals surface area (Å²) in [5.74, 6) is -0.259. The highest BCUT2D eigenvalue weighted by atomic mass is 32.2. The van der Waals surface area contributed by atoms with Gasteiger partial charge in [-0.15, -0.1) is 0 Å². The molecule has 0 amide bonds. The Bertz CT molecular complexity index is 237. The molecule has 15 heavy (non-hydrogen) atoms. The van der Waals surface area contributed by atoms with Crippen LogP contribution in [0.25, 0.3) is 0 Å². The van der Waals surface area contributed by atoms with Crippen LogP contribution in [-0.2, 0) is 9.53 Å². The standard InChI is InChI=1S/C11H19NO2S/c1-3-14-10(13)5-4-8-12-9-11(15-2)6-7-11/h4-5,12H,3,6-9H2,1-2H3/b5-4+. The van der Waals surface area contributed by atoms with Gasteiger partial charge in [-0.2, -0.15) is 11.8 Å². The molecule has 1 fully saturated rings. The minimum absolute atomic E-state index is 0.259. The van der Waals surface area contributed by atoms with Crippen molar-refractivity contribution in [2.75, 3.05) is 26.0 Å². The fourth-order valence-electron chi connectivity index (χ4n) is 1.32. The molecule has 1 N–H and O–H groups in total. The summed E-state index contributed by atoms with van der Waals surface area (Å²) in [5.41, 5.74) is 0. The quantitative estimate of drug-likeness (QED) is 0.409. The predicted octanol–water partition coefficient (Wildman–Crippen LogP) is 1.59. The van der Waals surface area contributed by atoms with Gasteiger partial charge in [-0.1, -0.05) is 6.08 Å². The van der Waals surface area contributed by atoms with Crippen molar-refractivity contribution in [3.05, 3.63) is 12.2 Å². The maximum atomic E-state index is 10.9. The molecule has 0 saturated heterocycles. The average Bonchev–Trinajstić information content (AvgIpc) is 2.99. The van der Waals surface area contributed by atoms with Crippen molar-refractivity contribution < 1.29 is 9.53 Å². The lowest BCUT2D eigenvalue weighted by Crippen LogP contribution is -2.25. The van der Waals surface area contributed by atoms with Crippen molar-refractivity contribution in [3.63, 3.8) is 0 Å². The van der Waals surface area contributed by atoms with Crippen LogP contribution in [0.1, 0.15) is 19.8 Å². The highest BCUT2D eigenvalue weighted by Gasteiger charge is 2.40. The predicted molar refractivity (Wildman–Crippen MR) is 64.1 cm³/mol. The van der Waals surface area contributed by atoms with Gasteiger partial charge in [-0.3, -0.25) is 0 Å². The van der Waals surface area contributed by atoms with Gasteiger partial charge < -0.3 is 10.1 Å². The third kappa shape index (κ3) is 4.71. The molecule has 1 rings (SSSR count). The molecule has 0 radical (unpaired) electrons. The van der Waals surface area contributed by atoms with Crippen LogP contribution in [0.2, 0.25) is 0 Å². The summed E-state index contributed by atoms with van der Waals surface area (Å²) >= 11 is 1.93. The molecule has 0 heterocycles. The van der Waals surface area contributed by atoms with Crippen LogP contribution in [0.4, 0.5) is 0 Å². The van der Waals surface area contributed by atoms with Crippen LogP contribution in [0.5, 0.6) is 0 Å². The van der Waals surface area contributed by atoms with Gasteiger partial charge in [0, 0.05) is 23.9 Å². The first-order valence-corrected chi connectivity index (χ1v) is 6.54. The Kier molecular flexibility index (Phi) is 5.19. The summed E-state index contributed by atoms with van der Waals surface area (Å²) in [4.78, 5) is 10.9. The van der Waals surface area contributed by atoms with Gasteiger partial charge in [-0.05, 0) is 26.0 Å². The van der Waals surface area contributed by atoms with E-state index in [1.54, 1.807) is 6.92 Å². The molecule has 0 bridgehead atoms. The van der Waals surface area contributed by atoms with Crippen molar-refractivity contribution in [2.45, 2.75) is 24.5 Å². The maximum absolute atomic E-state index is 10.9. The molecule has 0 aromatic rings. The highest BCUT2D eigenvalue weighted by Crippen LogP contribution is 2.46. The van der Waals surface area contributed by atoms with E-state index in [2.05, 4.69) is 11.6 Å². The maximum Gasteiger partial charge on any atom is 0.330 e. The molecule has 0 spiro atoms. The molecule has 0 aromatic carbocycles. The van der Waals surface area contributed by atoms with E-state index >= 15 is 0 Å². The van der Waals surface area contributed by atoms with Crippen LogP contribution in [-0.4, -0.2) is 36.7 Å². The second-order valence-corrected chi connectivity index (χ2v) is 4.95. The lowest BCUT2D eigenvalue weighted by molar-refractivity contribution is -0.137. The van der Waals surface area contributed by atoms with E-state index in [0.29, 0.717) is 11.4 Å². The summed E-state index contributed by atoms with van der Waals surface area (Å²) in [6.45, 7) is 4.01. The largest absolute Gasteiger partial charge is 0.463 e. The SMILES string of the molecule is CCOC(=O)/C=C/CNCC1(SC)CC1. The summed E-state index contributed by atoms with van der Waals surface area (Å²) in [6.07, 6.45) is 8.07. The zero-order chi connectivity index (χ0) is 11.1.